The van der Waals surface area contributed by atoms with Crippen LogP contribution in [0.5, 0.6) is 0 Å². The van der Waals surface area contributed by atoms with E-state index >= 15 is 0 Å². The first-order chi connectivity index (χ1) is 11.4. The van der Waals surface area contributed by atoms with Crippen molar-refractivity contribution in [2.75, 3.05) is 6.61 Å². The molecule has 0 bridgehead atoms. The van der Waals surface area contributed by atoms with E-state index in [0.29, 0.717) is 10.6 Å². The Hall–Kier alpha value is -2.28. The molecule has 0 radical (unpaired) electrons. The van der Waals surface area contributed by atoms with Crippen LogP contribution in [-0.4, -0.2) is 34.4 Å². The fourth-order valence-electron chi connectivity index (χ4n) is 2.08. The number of hydrogen-bond donors (Lipinski definition) is 0. The van der Waals surface area contributed by atoms with E-state index in [-0.39, 0.29) is 36.6 Å². The number of benzene rings is 1. The molecule has 2 rings (SSSR count). The van der Waals surface area contributed by atoms with Gasteiger partial charge in [-0.25, -0.2) is 14.2 Å². The molecule has 0 atom stereocenters. The molecule has 24 heavy (non-hydrogen) atoms. The van der Waals surface area contributed by atoms with Crippen LogP contribution in [-0.2, 0) is 11.3 Å². The third-order valence-electron chi connectivity index (χ3n) is 3.32. The molecule has 0 fully saturated rings. The number of rotatable bonds is 6. The Morgan fingerprint density at radius 3 is 2.54 bits per heavy atom. The van der Waals surface area contributed by atoms with E-state index in [2.05, 4.69) is 4.98 Å². The van der Waals surface area contributed by atoms with Crippen molar-refractivity contribution in [1.82, 2.24) is 9.88 Å². The molecule has 0 aliphatic heterocycles. The molecule has 0 spiro atoms. The number of amides is 1. The minimum Gasteiger partial charge on any atom is -0.461 e. The van der Waals surface area contributed by atoms with Crippen molar-refractivity contribution in [3.63, 3.8) is 0 Å². The third-order valence-corrected chi connectivity index (χ3v) is 4.15. The van der Waals surface area contributed by atoms with Gasteiger partial charge in [0.15, 0.2) is 5.69 Å². The van der Waals surface area contributed by atoms with Crippen molar-refractivity contribution < 1.29 is 18.7 Å². The first-order valence-electron chi connectivity index (χ1n) is 7.60. The molecule has 7 heteroatoms. The molecule has 0 N–H and O–H groups in total. The Labute approximate surface area is 144 Å². The van der Waals surface area contributed by atoms with Gasteiger partial charge in [-0.15, -0.1) is 11.3 Å². The minimum absolute atomic E-state index is 0.0718. The summed E-state index contributed by atoms with van der Waals surface area (Å²) in [6.45, 7) is 6.07. The number of nitrogens with zero attached hydrogens (tertiary/aromatic N) is 2. The molecule has 5 nitrogen and oxygen atoms in total. The van der Waals surface area contributed by atoms with Crippen LogP contribution in [0.3, 0.4) is 0 Å². The summed E-state index contributed by atoms with van der Waals surface area (Å²) in [5.41, 5.74) is 0.655. The lowest BCUT2D eigenvalue weighted by Gasteiger charge is -2.26. The zero-order chi connectivity index (χ0) is 17.7. The van der Waals surface area contributed by atoms with Gasteiger partial charge >= 0.3 is 5.97 Å². The first-order valence-corrected chi connectivity index (χ1v) is 8.48. The van der Waals surface area contributed by atoms with Crippen molar-refractivity contribution >= 4 is 23.2 Å². The lowest BCUT2D eigenvalue weighted by atomic mass is 10.1. The summed E-state index contributed by atoms with van der Waals surface area (Å²) in [6.07, 6.45) is 0. The van der Waals surface area contributed by atoms with Crippen molar-refractivity contribution in [1.29, 1.82) is 0 Å². The Bertz CT molecular complexity index is 713. The average Bonchev–Trinajstić information content (AvgIpc) is 3.01. The molecule has 0 aliphatic carbocycles. The van der Waals surface area contributed by atoms with E-state index in [0.717, 1.165) is 0 Å². The Kier molecular flexibility index (Phi) is 6.03. The highest BCUT2D eigenvalue weighted by atomic mass is 32.1. The van der Waals surface area contributed by atoms with Crippen LogP contribution in [0.4, 0.5) is 4.39 Å². The third kappa shape index (κ3) is 4.38. The summed E-state index contributed by atoms with van der Waals surface area (Å²) in [4.78, 5) is 30.2. The van der Waals surface area contributed by atoms with E-state index in [4.69, 9.17) is 4.74 Å². The second-order valence-electron chi connectivity index (χ2n) is 5.38. The zero-order valence-electron chi connectivity index (χ0n) is 13.8. The number of thiazole rings is 1. The largest absolute Gasteiger partial charge is 0.461 e. The van der Waals surface area contributed by atoms with E-state index in [1.807, 2.05) is 13.8 Å². The predicted molar refractivity (Wildman–Crippen MR) is 89.5 cm³/mol. The van der Waals surface area contributed by atoms with Crippen molar-refractivity contribution in [2.45, 2.75) is 33.4 Å². The van der Waals surface area contributed by atoms with Crippen molar-refractivity contribution in [2.24, 2.45) is 0 Å². The lowest BCUT2D eigenvalue weighted by Crippen LogP contribution is -2.36. The van der Waals surface area contributed by atoms with Crippen LogP contribution in [0.25, 0.3) is 0 Å². The summed E-state index contributed by atoms with van der Waals surface area (Å²) in [6, 6.07) is 5.36. The lowest BCUT2D eigenvalue weighted by molar-refractivity contribution is 0.0520. The van der Waals surface area contributed by atoms with Gasteiger partial charge < -0.3 is 9.64 Å². The van der Waals surface area contributed by atoms with Gasteiger partial charge in [0.1, 0.15) is 10.8 Å². The molecule has 0 aliphatic rings. The Morgan fingerprint density at radius 1 is 1.29 bits per heavy atom. The van der Waals surface area contributed by atoms with Gasteiger partial charge in [-0.1, -0.05) is 0 Å². The number of halogens is 1. The van der Waals surface area contributed by atoms with Gasteiger partial charge in [0.2, 0.25) is 0 Å². The molecule has 128 valence electrons. The van der Waals surface area contributed by atoms with Crippen LogP contribution in [0.15, 0.2) is 29.6 Å². The van der Waals surface area contributed by atoms with E-state index in [9.17, 15) is 14.0 Å². The summed E-state index contributed by atoms with van der Waals surface area (Å²) in [7, 11) is 0. The van der Waals surface area contributed by atoms with Gasteiger partial charge in [0, 0.05) is 17.0 Å². The maximum atomic E-state index is 13.0. The van der Waals surface area contributed by atoms with Crippen LogP contribution in [0.1, 0.15) is 46.6 Å². The summed E-state index contributed by atoms with van der Waals surface area (Å²) in [5, 5.41) is 2.26. The van der Waals surface area contributed by atoms with Gasteiger partial charge in [0.25, 0.3) is 5.91 Å². The number of aromatic nitrogens is 1. The maximum absolute atomic E-state index is 13.0. The number of ether oxygens (including phenoxy) is 1. The first kappa shape index (κ1) is 18.1. The number of carbonyl (C=O) groups excluding carboxylic acids is 2. The maximum Gasteiger partial charge on any atom is 0.357 e. The number of esters is 1. The zero-order valence-corrected chi connectivity index (χ0v) is 14.6. The Balaban J connectivity index is 2.15. The summed E-state index contributed by atoms with van der Waals surface area (Å²) < 4.78 is 17.9. The summed E-state index contributed by atoms with van der Waals surface area (Å²) in [5.74, 6) is -1.07. The molecule has 1 heterocycles. The molecular formula is C17H19FN2O3S. The molecule has 0 saturated carbocycles. The fourth-order valence-corrected chi connectivity index (χ4v) is 2.84. The van der Waals surface area contributed by atoms with Crippen LogP contribution in [0.2, 0.25) is 0 Å². The van der Waals surface area contributed by atoms with Crippen molar-refractivity contribution in [3.8, 4) is 0 Å². The van der Waals surface area contributed by atoms with Gasteiger partial charge in [0.05, 0.1) is 13.2 Å². The highest BCUT2D eigenvalue weighted by Gasteiger charge is 2.21. The summed E-state index contributed by atoms with van der Waals surface area (Å²) >= 11 is 1.30. The molecule has 0 saturated heterocycles. The molecule has 0 unspecified atom stereocenters. The van der Waals surface area contributed by atoms with E-state index < -0.39 is 5.97 Å². The van der Waals surface area contributed by atoms with Gasteiger partial charge in [-0.05, 0) is 45.0 Å². The predicted octanol–water partition coefficient (Wildman–Crippen LogP) is 3.51. The van der Waals surface area contributed by atoms with Crippen LogP contribution in [0, 0.1) is 5.82 Å². The second kappa shape index (κ2) is 8.01. The number of hydrogen-bond acceptors (Lipinski definition) is 5. The SMILES string of the molecule is CCOC(=O)c1csc(CN(C(=O)c2ccc(F)cc2)C(C)C)n1. The average molecular weight is 350 g/mol. The number of carbonyl (C=O) groups is 2. The normalized spacial score (nSPS) is 10.7. The highest BCUT2D eigenvalue weighted by molar-refractivity contribution is 7.09. The van der Waals surface area contributed by atoms with E-state index in [1.54, 1.807) is 17.2 Å². The quantitative estimate of drug-likeness (QED) is 0.748. The molecule has 1 amide bonds. The van der Waals surface area contributed by atoms with Crippen LogP contribution < -0.4 is 0 Å². The fraction of sp³-hybridized carbons (Fsp3) is 0.353. The molecular weight excluding hydrogens is 331 g/mol. The highest BCUT2D eigenvalue weighted by Crippen LogP contribution is 2.17. The second-order valence-corrected chi connectivity index (χ2v) is 6.32. The van der Waals surface area contributed by atoms with E-state index in [1.165, 1.54) is 35.6 Å². The minimum atomic E-state index is -0.471. The topological polar surface area (TPSA) is 59.5 Å². The van der Waals surface area contributed by atoms with Gasteiger partial charge in [-0.2, -0.15) is 0 Å². The standard InChI is InChI=1S/C17H19FN2O3S/c1-4-23-17(22)14-10-24-15(19-14)9-20(11(2)3)16(21)12-5-7-13(18)8-6-12/h5-8,10-11H,4,9H2,1-3H3. The monoisotopic (exact) mass is 350 g/mol. The van der Waals surface area contributed by atoms with Gasteiger partial charge in [-0.3, -0.25) is 4.79 Å². The molecule has 1 aromatic heterocycles. The smallest absolute Gasteiger partial charge is 0.357 e. The van der Waals surface area contributed by atoms with Crippen molar-refractivity contribution in [3.05, 3.63) is 51.7 Å². The molecule has 1 aromatic carbocycles. The Morgan fingerprint density at radius 2 is 1.96 bits per heavy atom. The molecule has 2 aromatic rings. The van der Waals surface area contributed by atoms with Crippen LogP contribution >= 0.6 is 11.3 Å².